The van der Waals surface area contributed by atoms with Crippen LogP contribution in [0.3, 0.4) is 0 Å². The van der Waals surface area contributed by atoms with E-state index in [0.29, 0.717) is 5.56 Å². The van der Waals surface area contributed by atoms with Crippen molar-refractivity contribution in [2.45, 2.75) is 6.92 Å². The van der Waals surface area contributed by atoms with Crippen LogP contribution >= 0.6 is 0 Å². The molecule has 0 atom stereocenters. The summed E-state index contributed by atoms with van der Waals surface area (Å²) in [4.78, 5) is 22.6. The van der Waals surface area contributed by atoms with Crippen molar-refractivity contribution in [1.82, 2.24) is 5.32 Å². The number of fused-ring (bicyclic) bond motifs is 3. The molecule has 0 aliphatic heterocycles. The standard InChI is InChI=1S/C18H15NO3/c1-11-8-12-6-7-13(18(22)19-10-17(20)21)9-16(12)15-5-3-2-4-14(11)15/h2-9H,10H2,1H3,(H,19,22)(H,20,21). The second kappa shape index (κ2) is 5.48. The Kier molecular flexibility index (Phi) is 3.51. The molecule has 0 saturated heterocycles. The van der Waals surface area contributed by atoms with Gasteiger partial charge in [-0.15, -0.1) is 0 Å². The van der Waals surface area contributed by atoms with Gasteiger partial charge in [-0.05, 0) is 46.2 Å². The van der Waals surface area contributed by atoms with Crippen molar-refractivity contribution in [1.29, 1.82) is 0 Å². The fourth-order valence-electron chi connectivity index (χ4n) is 2.69. The fourth-order valence-corrected chi connectivity index (χ4v) is 2.69. The van der Waals surface area contributed by atoms with Crippen molar-refractivity contribution in [3.8, 4) is 0 Å². The van der Waals surface area contributed by atoms with E-state index >= 15 is 0 Å². The molecule has 0 radical (unpaired) electrons. The minimum atomic E-state index is -1.06. The lowest BCUT2D eigenvalue weighted by Gasteiger charge is -2.09. The van der Waals surface area contributed by atoms with Crippen LogP contribution in [0.5, 0.6) is 0 Å². The normalized spacial score (nSPS) is 10.8. The number of carbonyl (C=O) groups is 2. The van der Waals surface area contributed by atoms with Gasteiger partial charge in [-0.25, -0.2) is 0 Å². The van der Waals surface area contributed by atoms with Crippen molar-refractivity contribution in [3.05, 3.63) is 59.7 Å². The van der Waals surface area contributed by atoms with Crippen molar-refractivity contribution in [3.63, 3.8) is 0 Å². The quantitative estimate of drug-likeness (QED) is 0.729. The molecule has 0 aromatic heterocycles. The van der Waals surface area contributed by atoms with E-state index in [2.05, 4.69) is 24.4 Å². The zero-order chi connectivity index (χ0) is 15.7. The van der Waals surface area contributed by atoms with Gasteiger partial charge < -0.3 is 10.4 Å². The Labute approximate surface area is 127 Å². The van der Waals surface area contributed by atoms with E-state index in [1.54, 1.807) is 6.07 Å². The number of rotatable bonds is 3. The van der Waals surface area contributed by atoms with Crippen LogP contribution < -0.4 is 5.32 Å². The maximum absolute atomic E-state index is 12.0. The minimum absolute atomic E-state index is 0.381. The number of carbonyl (C=O) groups excluding carboxylic acids is 1. The number of aryl methyl sites for hydroxylation is 1. The lowest BCUT2D eigenvalue weighted by molar-refractivity contribution is -0.135. The van der Waals surface area contributed by atoms with Crippen molar-refractivity contribution < 1.29 is 14.7 Å². The second-order valence-electron chi connectivity index (χ2n) is 5.25. The highest BCUT2D eigenvalue weighted by Gasteiger charge is 2.10. The van der Waals surface area contributed by atoms with Gasteiger partial charge in [0.15, 0.2) is 0 Å². The molecule has 3 aromatic carbocycles. The predicted octanol–water partition coefficient (Wildman–Crippen LogP) is 3.12. The summed E-state index contributed by atoms with van der Waals surface area (Å²) >= 11 is 0. The van der Waals surface area contributed by atoms with Crippen LogP contribution in [0.1, 0.15) is 15.9 Å². The molecule has 3 aromatic rings. The molecule has 4 nitrogen and oxygen atoms in total. The van der Waals surface area contributed by atoms with E-state index in [-0.39, 0.29) is 12.5 Å². The highest BCUT2D eigenvalue weighted by atomic mass is 16.4. The first kappa shape index (κ1) is 14.1. The van der Waals surface area contributed by atoms with Gasteiger partial charge in [0.2, 0.25) is 0 Å². The summed E-state index contributed by atoms with van der Waals surface area (Å²) in [6.07, 6.45) is 0. The summed E-state index contributed by atoms with van der Waals surface area (Å²) in [7, 11) is 0. The molecular formula is C18H15NO3. The highest BCUT2D eigenvalue weighted by molar-refractivity contribution is 6.11. The minimum Gasteiger partial charge on any atom is -0.480 e. The molecule has 4 heteroatoms. The van der Waals surface area contributed by atoms with Crippen LogP contribution in [-0.4, -0.2) is 23.5 Å². The van der Waals surface area contributed by atoms with E-state index in [1.165, 1.54) is 5.56 Å². The third kappa shape index (κ3) is 2.51. The smallest absolute Gasteiger partial charge is 0.322 e. The molecular weight excluding hydrogens is 278 g/mol. The van der Waals surface area contributed by atoms with E-state index in [0.717, 1.165) is 21.5 Å². The van der Waals surface area contributed by atoms with Crippen LogP contribution in [0.2, 0.25) is 0 Å². The van der Waals surface area contributed by atoms with E-state index in [4.69, 9.17) is 5.11 Å². The summed E-state index contributed by atoms with van der Waals surface area (Å²) in [5, 5.41) is 15.3. The summed E-state index contributed by atoms with van der Waals surface area (Å²) in [5.41, 5.74) is 1.65. The zero-order valence-electron chi connectivity index (χ0n) is 12.1. The number of carboxylic acid groups (broad SMARTS) is 1. The van der Waals surface area contributed by atoms with E-state index in [1.807, 2.05) is 30.3 Å². The Bertz CT molecular complexity index is 899. The van der Waals surface area contributed by atoms with Gasteiger partial charge in [0.25, 0.3) is 5.91 Å². The summed E-state index contributed by atoms with van der Waals surface area (Å²) in [6, 6.07) is 15.6. The SMILES string of the molecule is Cc1cc2ccc(C(=O)NCC(=O)O)cc2c2ccccc12. The number of hydrogen-bond donors (Lipinski definition) is 2. The molecule has 110 valence electrons. The number of aliphatic carboxylic acids is 1. The average Bonchev–Trinajstić information content (AvgIpc) is 2.52. The summed E-state index contributed by atoms with van der Waals surface area (Å²) in [6.45, 7) is 1.68. The van der Waals surface area contributed by atoms with Crippen LogP contribution in [0.4, 0.5) is 0 Å². The second-order valence-corrected chi connectivity index (χ2v) is 5.25. The lowest BCUT2D eigenvalue weighted by Crippen LogP contribution is -2.29. The van der Waals surface area contributed by atoms with Gasteiger partial charge in [0, 0.05) is 5.56 Å². The maximum atomic E-state index is 12.0. The Morgan fingerprint density at radius 2 is 1.73 bits per heavy atom. The van der Waals surface area contributed by atoms with Crippen LogP contribution in [0.15, 0.2) is 48.5 Å². The number of hydrogen-bond acceptors (Lipinski definition) is 2. The Balaban J connectivity index is 2.12. The van der Waals surface area contributed by atoms with E-state index in [9.17, 15) is 9.59 Å². The highest BCUT2D eigenvalue weighted by Crippen LogP contribution is 2.29. The van der Waals surface area contributed by atoms with Crippen molar-refractivity contribution in [2.75, 3.05) is 6.54 Å². The zero-order valence-corrected chi connectivity index (χ0v) is 12.1. The third-order valence-electron chi connectivity index (χ3n) is 3.73. The molecule has 0 aliphatic carbocycles. The van der Waals surface area contributed by atoms with Gasteiger partial charge in [-0.3, -0.25) is 9.59 Å². The lowest BCUT2D eigenvalue weighted by atomic mass is 9.96. The Hall–Kier alpha value is -2.88. The van der Waals surface area contributed by atoms with Crippen LogP contribution in [0.25, 0.3) is 21.5 Å². The largest absolute Gasteiger partial charge is 0.480 e. The molecule has 0 aliphatic rings. The van der Waals surface area contributed by atoms with Crippen LogP contribution in [0, 0.1) is 6.92 Å². The Morgan fingerprint density at radius 1 is 1.00 bits per heavy atom. The monoisotopic (exact) mass is 293 g/mol. The molecule has 22 heavy (non-hydrogen) atoms. The predicted molar refractivity (Wildman–Crippen MR) is 86.2 cm³/mol. The van der Waals surface area contributed by atoms with Gasteiger partial charge in [0.1, 0.15) is 6.54 Å². The Morgan fingerprint density at radius 3 is 2.45 bits per heavy atom. The molecule has 0 spiro atoms. The molecule has 0 unspecified atom stereocenters. The van der Waals surface area contributed by atoms with Gasteiger partial charge >= 0.3 is 5.97 Å². The topological polar surface area (TPSA) is 66.4 Å². The number of carboxylic acids is 1. The molecule has 0 fully saturated rings. The number of benzene rings is 3. The number of amides is 1. The third-order valence-corrected chi connectivity index (χ3v) is 3.73. The maximum Gasteiger partial charge on any atom is 0.322 e. The first-order valence-corrected chi connectivity index (χ1v) is 6.98. The number of nitrogens with one attached hydrogen (secondary N) is 1. The van der Waals surface area contributed by atoms with Crippen molar-refractivity contribution >= 4 is 33.4 Å². The first-order valence-electron chi connectivity index (χ1n) is 6.98. The molecule has 2 N–H and O–H groups in total. The first-order chi connectivity index (χ1) is 10.6. The van der Waals surface area contributed by atoms with Crippen LogP contribution in [-0.2, 0) is 4.79 Å². The van der Waals surface area contributed by atoms with Gasteiger partial charge in [-0.1, -0.05) is 36.4 Å². The molecule has 0 bridgehead atoms. The molecule has 0 saturated carbocycles. The van der Waals surface area contributed by atoms with Crippen molar-refractivity contribution in [2.24, 2.45) is 0 Å². The summed E-state index contributed by atoms with van der Waals surface area (Å²) < 4.78 is 0. The summed E-state index contributed by atoms with van der Waals surface area (Å²) in [5.74, 6) is -1.44. The molecule has 3 rings (SSSR count). The van der Waals surface area contributed by atoms with Gasteiger partial charge in [-0.2, -0.15) is 0 Å². The van der Waals surface area contributed by atoms with Gasteiger partial charge in [0.05, 0.1) is 0 Å². The van der Waals surface area contributed by atoms with E-state index < -0.39 is 5.97 Å². The molecule has 0 heterocycles. The molecule has 1 amide bonds. The average molecular weight is 293 g/mol. The fraction of sp³-hybridized carbons (Fsp3) is 0.111.